The summed E-state index contributed by atoms with van der Waals surface area (Å²) in [6.07, 6.45) is 1.09. The van der Waals surface area contributed by atoms with Gasteiger partial charge in [-0.15, -0.1) is 0 Å². The van der Waals surface area contributed by atoms with Crippen LogP contribution >= 0.6 is 11.6 Å². The lowest BCUT2D eigenvalue weighted by Gasteiger charge is -2.41. The van der Waals surface area contributed by atoms with Gasteiger partial charge in [0.05, 0.1) is 10.9 Å². The summed E-state index contributed by atoms with van der Waals surface area (Å²) < 4.78 is 27.5. The van der Waals surface area contributed by atoms with Gasteiger partial charge in [-0.2, -0.15) is 4.31 Å². The molecule has 0 unspecified atom stereocenters. The fourth-order valence-corrected chi connectivity index (χ4v) is 7.04. The lowest BCUT2D eigenvalue weighted by atomic mass is 9.95. The first-order chi connectivity index (χ1) is 17.9. The zero-order chi connectivity index (χ0) is 25.8. The first-order valence-corrected chi connectivity index (χ1v) is 14.6. The number of benzene rings is 3. The number of hydrogen-bond acceptors (Lipinski definition) is 4. The molecule has 0 aliphatic carbocycles. The molecular formula is C29H32ClN3O3S. The van der Waals surface area contributed by atoms with Gasteiger partial charge in [0.1, 0.15) is 0 Å². The monoisotopic (exact) mass is 537 g/mol. The van der Waals surface area contributed by atoms with Crippen molar-refractivity contribution in [2.45, 2.75) is 23.8 Å². The van der Waals surface area contributed by atoms with E-state index in [1.807, 2.05) is 17.0 Å². The summed E-state index contributed by atoms with van der Waals surface area (Å²) >= 11 is 5.91. The zero-order valence-corrected chi connectivity index (χ0v) is 22.3. The SMILES string of the molecule is O=C(C1CCN(S(=O)(=O)c2ccc(Cl)cc2)CC1)N1CCN(C(c2ccccc2)c2ccccc2)CC1. The molecule has 0 bridgehead atoms. The molecule has 3 aromatic carbocycles. The number of piperidine rings is 1. The maximum Gasteiger partial charge on any atom is 0.243 e. The van der Waals surface area contributed by atoms with Gasteiger partial charge < -0.3 is 4.90 Å². The molecule has 8 heteroatoms. The third-order valence-corrected chi connectivity index (χ3v) is 9.64. The van der Waals surface area contributed by atoms with Crippen molar-refractivity contribution in [1.82, 2.24) is 14.1 Å². The van der Waals surface area contributed by atoms with Crippen LogP contribution in [-0.4, -0.2) is 67.7 Å². The molecule has 2 heterocycles. The Hall–Kier alpha value is -2.71. The highest BCUT2D eigenvalue weighted by Gasteiger charge is 2.35. The van der Waals surface area contributed by atoms with Crippen LogP contribution in [0.1, 0.15) is 30.0 Å². The highest BCUT2D eigenvalue weighted by atomic mass is 35.5. The smallest absolute Gasteiger partial charge is 0.243 e. The molecule has 0 aromatic heterocycles. The number of carbonyl (C=O) groups is 1. The fourth-order valence-electron chi connectivity index (χ4n) is 5.44. The molecule has 2 aliphatic heterocycles. The molecule has 2 saturated heterocycles. The number of hydrogen-bond donors (Lipinski definition) is 0. The van der Waals surface area contributed by atoms with Gasteiger partial charge in [0.25, 0.3) is 0 Å². The molecule has 0 saturated carbocycles. The summed E-state index contributed by atoms with van der Waals surface area (Å²) in [7, 11) is -3.58. The first-order valence-electron chi connectivity index (χ1n) is 12.8. The Kier molecular flexibility index (Phi) is 7.95. The molecule has 0 radical (unpaired) electrons. The van der Waals surface area contributed by atoms with E-state index in [0.29, 0.717) is 44.0 Å². The lowest BCUT2D eigenvalue weighted by molar-refractivity contribution is -0.138. The second kappa shape index (κ2) is 11.4. The number of sulfonamides is 1. The van der Waals surface area contributed by atoms with Crippen molar-refractivity contribution < 1.29 is 13.2 Å². The summed E-state index contributed by atoms with van der Waals surface area (Å²) in [5.74, 6) is 0.0152. The summed E-state index contributed by atoms with van der Waals surface area (Å²) in [5, 5.41) is 0.502. The Morgan fingerprint density at radius 3 is 1.76 bits per heavy atom. The van der Waals surface area contributed by atoms with Crippen molar-refractivity contribution >= 4 is 27.5 Å². The molecular weight excluding hydrogens is 506 g/mol. The minimum Gasteiger partial charge on any atom is -0.340 e. The van der Waals surface area contributed by atoms with E-state index in [1.165, 1.54) is 27.6 Å². The van der Waals surface area contributed by atoms with Gasteiger partial charge in [0.2, 0.25) is 15.9 Å². The van der Waals surface area contributed by atoms with Crippen molar-refractivity contribution in [3.8, 4) is 0 Å². The second-order valence-electron chi connectivity index (χ2n) is 9.72. The molecule has 0 atom stereocenters. The molecule has 1 amide bonds. The van der Waals surface area contributed by atoms with Crippen molar-refractivity contribution in [3.63, 3.8) is 0 Å². The van der Waals surface area contributed by atoms with E-state index in [2.05, 4.69) is 53.4 Å². The third-order valence-electron chi connectivity index (χ3n) is 7.48. The van der Waals surface area contributed by atoms with Gasteiger partial charge >= 0.3 is 0 Å². The Bertz CT molecular complexity index is 1250. The summed E-state index contributed by atoms with van der Waals surface area (Å²) in [5.41, 5.74) is 2.51. The number of nitrogens with zero attached hydrogens (tertiary/aromatic N) is 3. The van der Waals surface area contributed by atoms with Gasteiger partial charge in [-0.05, 0) is 48.2 Å². The third kappa shape index (κ3) is 5.75. The Balaban J connectivity index is 1.19. The van der Waals surface area contributed by atoms with E-state index in [-0.39, 0.29) is 22.8 Å². The highest BCUT2D eigenvalue weighted by Crippen LogP contribution is 2.31. The maximum atomic E-state index is 13.4. The molecule has 37 heavy (non-hydrogen) atoms. The molecule has 0 N–H and O–H groups in total. The van der Waals surface area contributed by atoms with E-state index in [4.69, 9.17) is 11.6 Å². The molecule has 2 fully saturated rings. The van der Waals surface area contributed by atoms with E-state index < -0.39 is 10.0 Å². The topological polar surface area (TPSA) is 60.9 Å². The summed E-state index contributed by atoms with van der Waals surface area (Å²) in [4.78, 5) is 18.0. The van der Waals surface area contributed by atoms with Crippen LogP contribution in [0.3, 0.4) is 0 Å². The average Bonchev–Trinajstić information content (AvgIpc) is 2.95. The van der Waals surface area contributed by atoms with Crippen LogP contribution < -0.4 is 0 Å². The van der Waals surface area contributed by atoms with Crippen LogP contribution in [0, 0.1) is 5.92 Å². The number of amides is 1. The number of carbonyl (C=O) groups excluding carboxylic acids is 1. The summed E-state index contributed by atoms with van der Waals surface area (Å²) in [6.45, 7) is 3.65. The lowest BCUT2D eigenvalue weighted by Crippen LogP contribution is -2.52. The normalized spacial score (nSPS) is 18.3. The maximum absolute atomic E-state index is 13.4. The number of halogens is 1. The van der Waals surface area contributed by atoms with Crippen molar-refractivity contribution in [2.24, 2.45) is 5.92 Å². The van der Waals surface area contributed by atoms with E-state index in [9.17, 15) is 13.2 Å². The predicted octanol–water partition coefficient (Wildman–Crippen LogP) is 4.67. The summed E-state index contributed by atoms with van der Waals surface area (Å²) in [6, 6.07) is 27.4. The van der Waals surface area contributed by atoms with Gasteiger partial charge in [-0.3, -0.25) is 9.69 Å². The molecule has 2 aliphatic rings. The van der Waals surface area contributed by atoms with Crippen LogP contribution in [0.5, 0.6) is 0 Å². The van der Waals surface area contributed by atoms with Gasteiger partial charge in [0, 0.05) is 50.2 Å². The van der Waals surface area contributed by atoms with Gasteiger partial charge in [-0.1, -0.05) is 72.3 Å². The average molecular weight is 538 g/mol. The van der Waals surface area contributed by atoms with Gasteiger partial charge in [-0.25, -0.2) is 8.42 Å². The van der Waals surface area contributed by atoms with E-state index in [0.717, 1.165) is 13.1 Å². The quantitative estimate of drug-likeness (QED) is 0.458. The minimum absolute atomic E-state index is 0.137. The van der Waals surface area contributed by atoms with Gasteiger partial charge in [0.15, 0.2) is 0 Å². The first kappa shape index (κ1) is 25.9. The van der Waals surface area contributed by atoms with Crippen molar-refractivity contribution in [1.29, 1.82) is 0 Å². The Morgan fingerprint density at radius 1 is 0.730 bits per heavy atom. The molecule has 5 rings (SSSR count). The van der Waals surface area contributed by atoms with E-state index in [1.54, 1.807) is 12.1 Å². The predicted molar refractivity (Wildman–Crippen MR) is 146 cm³/mol. The van der Waals surface area contributed by atoms with Crippen LogP contribution in [0.2, 0.25) is 5.02 Å². The standard InChI is InChI=1S/C29H32ClN3O3S/c30-26-11-13-27(14-12-26)37(35,36)33-17-15-25(16-18-33)29(34)32-21-19-31(20-22-32)28(23-7-3-1-4-8-23)24-9-5-2-6-10-24/h1-14,25,28H,15-22H2. The highest BCUT2D eigenvalue weighted by molar-refractivity contribution is 7.89. The second-order valence-corrected chi connectivity index (χ2v) is 12.1. The van der Waals surface area contributed by atoms with Crippen LogP contribution in [0.25, 0.3) is 0 Å². The van der Waals surface area contributed by atoms with Crippen LogP contribution in [-0.2, 0) is 14.8 Å². The van der Waals surface area contributed by atoms with Crippen LogP contribution in [0.4, 0.5) is 0 Å². The van der Waals surface area contributed by atoms with Crippen molar-refractivity contribution in [3.05, 3.63) is 101 Å². The zero-order valence-electron chi connectivity index (χ0n) is 20.7. The largest absolute Gasteiger partial charge is 0.340 e. The Morgan fingerprint density at radius 2 is 1.24 bits per heavy atom. The minimum atomic E-state index is -3.58. The number of piperazine rings is 1. The van der Waals surface area contributed by atoms with Crippen molar-refractivity contribution in [2.75, 3.05) is 39.3 Å². The molecule has 194 valence electrons. The molecule has 3 aromatic rings. The van der Waals surface area contributed by atoms with Crippen LogP contribution in [0.15, 0.2) is 89.8 Å². The Labute approximate surface area is 224 Å². The van der Waals surface area contributed by atoms with E-state index >= 15 is 0 Å². The molecule has 0 spiro atoms. The molecule has 6 nitrogen and oxygen atoms in total. The fraction of sp³-hybridized carbons (Fsp3) is 0.345. The number of rotatable bonds is 6.